The van der Waals surface area contributed by atoms with Gasteiger partial charge < -0.3 is 9.94 Å². The Hall–Kier alpha value is -1.22. The van der Waals surface area contributed by atoms with Crippen molar-refractivity contribution < 1.29 is 9.94 Å². The van der Waals surface area contributed by atoms with E-state index in [1.807, 2.05) is 13.8 Å². The van der Waals surface area contributed by atoms with Gasteiger partial charge in [0.1, 0.15) is 12.4 Å². The van der Waals surface area contributed by atoms with Gasteiger partial charge in [0.15, 0.2) is 0 Å². The number of aryl methyl sites for hydroxylation is 1. The molecule has 15 heavy (non-hydrogen) atoms. The number of aromatic hydroxyl groups is 1. The van der Waals surface area contributed by atoms with Crippen LogP contribution in [0.15, 0.2) is 17.3 Å². The SMILES string of the molecule is CCCO/N=C/c1cc(Cl)c(C)cc1O. The summed E-state index contributed by atoms with van der Waals surface area (Å²) in [5.41, 5.74) is 1.39. The molecule has 0 aliphatic rings. The molecule has 0 amide bonds. The van der Waals surface area contributed by atoms with Crippen LogP contribution in [0.25, 0.3) is 0 Å². The van der Waals surface area contributed by atoms with Crippen LogP contribution in [0.4, 0.5) is 0 Å². The van der Waals surface area contributed by atoms with Gasteiger partial charge in [-0.3, -0.25) is 0 Å². The van der Waals surface area contributed by atoms with Crippen LogP contribution in [-0.4, -0.2) is 17.9 Å². The maximum Gasteiger partial charge on any atom is 0.124 e. The van der Waals surface area contributed by atoms with Gasteiger partial charge in [0.2, 0.25) is 0 Å². The largest absolute Gasteiger partial charge is 0.507 e. The lowest BCUT2D eigenvalue weighted by molar-refractivity contribution is 0.146. The van der Waals surface area contributed by atoms with Crippen LogP contribution in [0.3, 0.4) is 0 Å². The smallest absolute Gasteiger partial charge is 0.124 e. The highest BCUT2D eigenvalue weighted by Crippen LogP contribution is 2.24. The molecule has 1 aromatic carbocycles. The summed E-state index contributed by atoms with van der Waals surface area (Å²) in [6.07, 6.45) is 2.36. The summed E-state index contributed by atoms with van der Waals surface area (Å²) in [5, 5.41) is 13.9. The van der Waals surface area contributed by atoms with Crippen LogP contribution in [0.5, 0.6) is 5.75 Å². The van der Waals surface area contributed by atoms with Crippen molar-refractivity contribution in [3.8, 4) is 5.75 Å². The van der Waals surface area contributed by atoms with Gasteiger partial charge in [-0.05, 0) is 31.0 Å². The molecular weight excluding hydrogens is 214 g/mol. The lowest BCUT2D eigenvalue weighted by atomic mass is 10.1. The second kappa shape index (κ2) is 5.61. The minimum atomic E-state index is 0.153. The van der Waals surface area contributed by atoms with Crippen molar-refractivity contribution in [1.29, 1.82) is 0 Å². The summed E-state index contributed by atoms with van der Waals surface area (Å²) in [6.45, 7) is 4.39. The topological polar surface area (TPSA) is 41.8 Å². The third-order valence-corrected chi connectivity index (χ3v) is 2.28. The maximum atomic E-state index is 9.57. The highest BCUT2D eigenvalue weighted by Gasteiger charge is 2.02. The van der Waals surface area contributed by atoms with Gasteiger partial charge >= 0.3 is 0 Å². The average molecular weight is 228 g/mol. The van der Waals surface area contributed by atoms with Crippen molar-refractivity contribution in [3.63, 3.8) is 0 Å². The van der Waals surface area contributed by atoms with Crippen molar-refractivity contribution >= 4 is 17.8 Å². The second-order valence-corrected chi connectivity index (χ2v) is 3.64. The van der Waals surface area contributed by atoms with E-state index in [1.54, 1.807) is 12.1 Å². The average Bonchev–Trinajstić information content (AvgIpc) is 2.20. The number of phenols is 1. The minimum Gasteiger partial charge on any atom is -0.507 e. The van der Waals surface area contributed by atoms with Crippen LogP contribution < -0.4 is 0 Å². The molecule has 82 valence electrons. The molecular formula is C11H14ClNO2. The lowest BCUT2D eigenvalue weighted by Gasteiger charge is -2.02. The van der Waals surface area contributed by atoms with Gasteiger partial charge in [-0.1, -0.05) is 23.7 Å². The molecule has 0 atom stereocenters. The number of benzene rings is 1. The molecule has 4 heteroatoms. The normalized spacial score (nSPS) is 10.9. The Morgan fingerprint density at radius 2 is 2.27 bits per heavy atom. The third kappa shape index (κ3) is 3.44. The Kier molecular flexibility index (Phi) is 4.43. The standard InChI is InChI=1S/C11H14ClNO2/c1-3-4-15-13-7-9-6-10(12)8(2)5-11(9)14/h5-7,14H,3-4H2,1-2H3/b13-7+. The van der Waals surface area contributed by atoms with Gasteiger partial charge in [0.25, 0.3) is 0 Å². The fourth-order valence-electron chi connectivity index (χ4n) is 1.02. The minimum absolute atomic E-state index is 0.153. The molecule has 1 rings (SSSR count). The summed E-state index contributed by atoms with van der Waals surface area (Å²) >= 11 is 5.91. The first-order valence-corrected chi connectivity index (χ1v) is 5.17. The van der Waals surface area contributed by atoms with E-state index < -0.39 is 0 Å². The van der Waals surface area contributed by atoms with Crippen molar-refractivity contribution in [3.05, 3.63) is 28.3 Å². The van der Waals surface area contributed by atoms with E-state index in [4.69, 9.17) is 16.4 Å². The number of hydrogen-bond donors (Lipinski definition) is 1. The Bertz CT molecular complexity index is 364. The first kappa shape index (κ1) is 11.9. The molecule has 0 heterocycles. The Morgan fingerprint density at radius 3 is 2.93 bits per heavy atom. The maximum absolute atomic E-state index is 9.57. The summed E-state index contributed by atoms with van der Waals surface area (Å²) in [7, 11) is 0. The van der Waals surface area contributed by atoms with Crippen LogP contribution in [0.2, 0.25) is 5.02 Å². The van der Waals surface area contributed by atoms with E-state index >= 15 is 0 Å². The molecule has 0 spiro atoms. The molecule has 0 saturated carbocycles. The molecule has 3 nitrogen and oxygen atoms in total. The Balaban J connectivity index is 2.77. The van der Waals surface area contributed by atoms with Crippen molar-refractivity contribution in [2.45, 2.75) is 20.3 Å². The number of nitrogens with zero attached hydrogens (tertiary/aromatic N) is 1. The fourth-order valence-corrected chi connectivity index (χ4v) is 1.20. The monoisotopic (exact) mass is 227 g/mol. The highest BCUT2D eigenvalue weighted by molar-refractivity contribution is 6.31. The Labute approximate surface area is 94.3 Å². The number of rotatable bonds is 4. The summed E-state index contributed by atoms with van der Waals surface area (Å²) in [5.74, 6) is 0.153. The van der Waals surface area contributed by atoms with Gasteiger partial charge in [-0.15, -0.1) is 0 Å². The zero-order valence-corrected chi connectivity index (χ0v) is 9.58. The van der Waals surface area contributed by atoms with E-state index in [9.17, 15) is 5.11 Å². The van der Waals surface area contributed by atoms with Crippen LogP contribution in [0, 0.1) is 6.92 Å². The molecule has 0 fully saturated rings. The van der Waals surface area contributed by atoms with Crippen molar-refractivity contribution in [2.24, 2.45) is 5.16 Å². The van der Waals surface area contributed by atoms with Crippen molar-refractivity contribution in [2.75, 3.05) is 6.61 Å². The van der Waals surface area contributed by atoms with Crippen molar-refractivity contribution in [1.82, 2.24) is 0 Å². The van der Waals surface area contributed by atoms with Crippen LogP contribution in [-0.2, 0) is 4.84 Å². The van der Waals surface area contributed by atoms with Crippen LogP contribution >= 0.6 is 11.6 Å². The van der Waals surface area contributed by atoms with E-state index in [0.717, 1.165) is 12.0 Å². The predicted molar refractivity (Wildman–Crippen MR) is 61.7 cm³/mol. The molecule has 1 N–H and O–H groups in total. The number of phenolic OH excluding ortho intramolecular Hbond substituents is 1. The van der Waals surface area contributed by atoms with Gasteiger partial charge in [0.05, 0.1) is 6.21 Å². The number of oxime groups is 1. The number of halogens is 1. The second-order valence-electron chi connectivity index (χ2n) is 3.23. The first-order valence-electron chi connectivity index (χ1n) is 4.79. The first-order chi connectivity index (χ1) is 7.15. The van der Waals surface area contributed by atoms with Gasteiger partial charge in [0, 0.05) is 10.6 Å². The van der Waals surface area contributed by atoms with Gasteiger partial charge in [-0.25, -0.2) is 0 Å². The summed E-state index contributed by atoms with van der Waals surface area (Å²) in [6, 6.07) is 3.26. The van der Waals surface area contributed by atoms with E-state index in [0.29, 0.717) is 17.2 Å². The quantitative estimate of drug-likeness (QED) is 0.488. The predicted octanol–water partition coefficient (Wildman–Crippen LogP) is 3.11. The Morgan fingerprint density at radius 1 is 1.53 bits per heavy atom. The van der Waals surface area contributed by atoms with Crippen LogP contribution in [0.1, 0.15) is 24.5 Å². The molecule has 0 aliphatic heterocycles. The fraction of sp³-hybridized carbons (Fsp3) is 0.364. The third-order valence-electron chi connectivity index (χ3n) is 1.87. The zero-order chi connectivity index (χ0) is 11.3. The zero-order valence-electron chi connectivity index (χ0n) is 8.83. The van der Waals surface area contributed by atoms with E-state index in [1.165, 1.54) is 6.21 Å². The molecule has 0 aliphatic carbocycles. The number of hydrogen-bond acceptors (Lipinski definition) is 3. The molecule has 0 radical (unpaired) electrons. The summed E-state index contributed by atoms with van der Waals surface area (Å²) < 4.78 is 0. The highest BCUT2D eigenvalue weighted by atomic mass is 35.5. The molecule has 0 aromatic heterocycles. The molecule has 0 bridgehead atoms. The summed E-state index contributed by atoms with van der Waals surface area (Å²) in [4.78, 5) is 4.93. The van der Waals surface area contributed by atoms with E-state index in [2.05, 4.69) is 5.16 Å². The molecule has 1 aromatic rings. The molecule has 0 unspecified atom stereocenters. The molecule has 0 saturated heterocycles. The van der Waals surface area contributed by atoms with E-state index in [-0.39, 0.29) is 5.75 Å². The lowest BCUT2D eigenvalue weighted by Crippen LogP contribution is -1.88. The van der Waals surface area contributed by atoms with Gasteiger partial charge in [-0.2, -0.15) is 0 Å².